The number of carbonyl (C=O) groups excluding carboxylic acids is 2. The molecule has 2 N–H and O–H groups in total. The van der Waals surface area contributed by atoms with Crippen molar-refractivity contribution in [1.29, 1.82) is 0 Å². The molecule has 0 aliphatic heterocycles. The molecule has 0 radical (unpaired) electrons. The van der Waals surface area contributed by atoms with E-state index in [1.807, 2.05) is 72.1 Å². The van der Waals surface area contributed by atoms with Crippen LogP contribution in [-0.4, -0.2) is 27.9 Å². The minimum absolute atomic E-state index is 0.0653. The maximum atomic E-state index is 12.2. The number of carbonyl (C=O) groups is 2. The number of aromatic nitrogens is 2. The molecule has 0 unspecified atom stereocenters. The van der Waals surface area contributed by atoms with Crippen molar-refractivity contribution in [2.75, 3.05) is 5.75 Å². The van der Waals surface area contributed by atoms with Gasteiger partial charge in [-0.05, 0) is 11.4 Å². The van der Waals surface area contributed by atoms with Gasteiger partial charge in [-0.15, -0.1) is 21.5 Å². The number of urea groups is 1. The summed E-state index contributed by atoms with van der Waals surface area (Å²) in [7, 11) is 0. The summed E-state index contributed by atoms with van der Waals surface area (Å²) in [5.74, 6) is -0.322. The summed E-state index contributed by atoms with van der Waals surface area (Å²) in [5, 5.41) is 18.2. The SMILES string of the molecule is O=C(CSc1nnc(-c2ccccc2)c2ccccc12)NC(=O)NCc1cccs1. The van der Waals surface area contributed by atoms with Crippen molar-refractivity contribution in [2.24, 2.45) is 0 Å². The van der Waals surface area contributed by atoms with Gasteiger partial charge in [0, 0.05) is 21.2 Å². The molecule has 0 spiro atoms. The smallest absolute Gasteiger partial charge is 0.321 e. The summed E-state index contributed by atoms with van der Waals surface area (Å²) < 4.78 is 0. The summed E-state index contributed by atoms with van der Waals surface area (Å²) in [4.78, 5) is 25.1. The predicted molar refractivity (Wildman–Crippen MR) is 120 cm³/mol. The summed E-state index contributed by atoms with van der Waals surface area (Å²) >= 11 is 2.80. The minimum Gasteiger partial charge on any atom is -0.333 e. The van der Waals surface area contributed by atoms with E-state index in [1.165, 1.54) is 11.8 Å². The average Bonchev–Trinajstić information content (AvgIpc) is 3.30. The van der Waals surface area contributed by atoms with Gasteiger partial charge < -0.3 is 5.32 Å². The molecule has 0 bridgehead atoms. The number of thioether (sulfide) groups is 1. The first-order chi connectivity index (χ1) is 14.7. The Balaban J connectivity index is 1.42. The summed E-state index contributed by atoms with van der Waals surface area (Å²) in [6, 6.07) is 21.0. The highest BCUT2D eigenvalue weighted by molar-refractivity contribution is 8.00. The lowest BCUT2D eigenvalue weighted by Crippen LogP contribution is -2.39. The molecule has 0 atom stereocenters. The van der Waals surface area contributed by atoms with E-state index in [2.05, 4.69) is 20.8 Å². The van der Waals surface area contributed by atoms with Crippen LogP contribution in [0.15, 0.2) is 77.1 Å². The first-order valence-corrected chi connectivity index (χ1v) is 11.1. The largest absolute Gasteiger partial charge is 0.333 e. The van der Waals surface area contributed by atoms with Crippen LogP contribution in [0.5, 0.6) is 0 Å². The van der Waals surface area contributed by atoms with E-state index >= 15 is 0 Å². The number of imide groups is 1. The van der Waals surface area contributed by atoms with Gasteiger partial charge in [-0.25, -0.2) is 4.79 Å². The van der Waals surface area contributed by atoms with Crippen LogP contribution in [0.3, 0.4) is 0 Å². The summed E-state index contributed by atoms with van der Waals surface area (Å²) in [5.41, 5.74) is 1.78. The molecule has 2 aromatic carbocycles. The van der Waals surface area contributed by atoms with Crippen molar-refractivity contribution in [1.82, 2.24) is 20.8 Å². The molecule has 0 aliphatic carbocycles. The molecule has 6 nitrogen and oxygen atoms in total. The molecule has 30 heavy (non-hydrogen) atoms. The second-order valence-corrected chi connectivity index (χ2v) is 8.36. The third-order valence-electron chi connectivity index (χ3n) is 4.30. The lowest BCUT2D eigenvalue weighted by Gasteiger charge is -2.09. The highest BCUT2D eigenvalue weighted by Crippen LogP contribution is 2.31. The van der Waals surface area contributed by atoms with Crippen LogP contribution < -0.4 is 10.6 Å². The molecule has 8 heteroatoms. The molecule has 4 aromatic rings. The number of hydrogen-bond acceptors (Lipinski definition) is 6. The Morgan fingerprint density at radius 1 is 0.900 bits per heavy atom. The van der Waals surface area contributed by atoms with E-state index in [9.17, 15) is 9.59 Å². The minimum atomic E-state index is -0.510. The van der Waals surface area contributed by atoms with Crippen LogP contribution in [0.1, 0.15) is 4.88 Å². The van der Waals surface area contributed by atoms with Crippen LogP contribution in [0.4, 0.5) is 4.79 Å². The first-order valence-electron chi connectivity index (χ1n) is 9.24. The van der Waals surface area contributed by atoms with Gasteiger partial charge in [0.1, 0.15) is 10.7 Å². The van der Waals surface area contributed by atoms with Gasteiger partial charge in [-0.3, -0.25) is 10.1 Å². The third-order valence-corrected chi connectivity index (χ3v) is 6.15. The van der Waals surface area contributed by atoms with Crippen molar-refractivity contribution >= 4 is 45.8 Å². The standard InChI is InChI=1S/C22H18N4O2S2/c27-19(24-22(28)23-13-16-9-6-12-29-16)14-30-21-18-11-5-4-10-17(18)20(25-26-21)15-7-2-1-3-8-15/h1-12H,13-14H2,(H2,23,24,27,28). The second kappa shape index (κ2) is 9.51. The van der Waals surface area contributed by atoms with E-state index < -0.39 is 6.03 Å². The third kappa shape index (κ3) is 4.84. The number of nitrogens with one attached hydrogen (secondary N) is 2. The van der Waals surface area contributed by atoms with E-state index in [0.29, 0.717) is 11.6 Å². The molecular weight excluding hydrogens is 416 g/mol. The Labute approximate surface area is 181 Å². The van der Waals surface area contributed by atoms with Gasteiger partial charge in [-0.2, -0.15) is 0 Å². The fourth-order valence-corrected chi connectivity index (χ4v) is 4.33. The van der Waals surface area contributed by atoms with Gasteiger partial charge in [0.05, 0.1) is 12.3 Å². The molecule has 2 heterocycles. The van der Waals surface area contributed by atoms with Crippen LogP contribution in [0.2, 0.25) is 0 Å². The highest BCUT2D eigenvalue weighted by atomic mass is 32.2. The summed E-state index contributed by atoms with van der Waals surface area (Å²) in [6.45, 7) is 0.390. The van der Waals surface area contributed by atoms with Crippen molar-refractivity contribution in [3.8, 4) is 11.3 Å². The number of thiophene rings is 1. The zero-order valence-electron chi connectivity index (χ0n) is 15.9. The molecule has 2 aromatic heterocycles. The van der Waals surface area contributed by atoms with Crippen molar-refractivity contribution in [3.63, 3.8) is 0 Å². The van der Waals surface area contributed by atoms with Crippen molar-refractivity contribution < 1.29 is 9.59 Å². The molecule has 3 amide bonds. The Morgan fingerprint density at radius 3 is 2.43 bits per heavy atom. The second-order valence-electron chi connectivity index (χ2n) is 6.36. The first kappa shape index (κ1) is 20.1. The van der Waals surface area contributed by atoms with E-state index in [4.69, 9.17) is 0 Å². The van der Waals surface area contributed by atoms with Gasteiger partial charge in [0.15, 0.2) is 0 Å². The van der Waals surface area contributed by atoms with Crippen LogP contribution in [0, 0.1) is 0 Å². The topological polar surface area (TPSA) is 84.0 Å². The van der Waals surface area contributed by atoms with Gasteiger partial charge in [0.2, 0.25) is 5.91 Å². The van der Waals surface area contributed by atoms with E-state index in [-0.39, 0.29) is 11.7 Å². The van der Waals surface area contributed by atoms with Gasteiger partial charge in [-0.1, -0.05) is 72.4 Å². The van der Waals surface area contributed by atoms with Crippen LogP contribution in [0.25, 0.3) is 22.0 Å². The van der Waals surface area contributed by atoms with Gasteiger partial charge >= 0.3 is 6.03 Å². The normalized spacial score (nSPS) is 10.7. The molecular formula is C22H18N4O2S2. The monoisotopic (exact) mass is 434 g/mol. The van der Waals surface area contributed by atoms with Crippen molar-refractivity contribution in [2.45, 2.75) is 11.6 Å². The Bertz CT molecular complexity index is 1160. The molecule has 0 saturated heterocycles. The fourth-order valence-electron chi connectivity index (χ4n) is 2.92. The molecule has 0 saturated carbocycles. The van der Waals surface area contributed by atoms with Crippen LogP contribution >= 0.6 is 23.1 Å². The fraction of sp³-hybridized carbons (Fsp3) is 0.0909. The Hall–Kier alpha value is -3.23. The maximum Gasteiger partial charge on any atom is 0.321 e. The zero-order valence-corrected chi connectivity index (χ0v) is 17.5. The maximum absolute atomic E-state index is 12.2. The number of fused-ring (bicyclic) bond motifs is 1. The van der Waals surface area contributed by atoms with Crippen LogP contribution in [-0.2, 0) is 11.3 Å². The number of rotatable bonds is 6. The number of amides is 3. The molecule has 0 aliphatic rings. The van der Waals surface area contributed by atoms with E-state index in [1.54, 1.807) is 11.3 Å². The van der Waals surface area contributed by atoms with E-state index in [0.717, 1.165) is 26.9 Å². The highest BCUT2D eigenvalue weighted by Gasteiger charge is 2.14. The predicted octanol–water partition coefficient (Wildman–Crippen LogP) is 4.48. The molecule has 150 valence electrons. The summed E-state index contributed by atoms with van der Waals surface area (Å²) in [6.07, 6.45) is 0. The van der Waals surface area contributed by atoms with Gasteiger partial charge in [0.25, 0.3) is 0 Å². The lowest BCUT2D eigenvalue weighted by atomic mass is 10.1. The quantitative estimate of drug-likeness (QED) is 0.437. The Kier molecular flexibility index (Phi) is 6.36. The average molecular weight is 435 g/mol. The van der Waals surface area contributed by atoms with Crippen molar-refractivity contribution in [3.05, 3.63) is 77.0 Å². The lowest BCUT2D eigenvalue weighted by molar-refractivity contribution is -0.117. The number of benzene rings is 2. The molecule has 0 fully saturated rings. The molecule has 4 rings (SSSR count). The zero-order chi connectivity index (χ0) is 20.8. The number of hydrogen-bond donors (Lipinski definition) is 2. The Morgan fingerprint density at radius 2 is 1.67 bits per heavy atom. The number of nitrogens with zero attached hydrogens (tertiary/aromatic N) is 2.